The van der Waals surface area contributed by atoms with Crippen molar-refractivity contribution >= 4 is 22.5 Å². The van der Waals surface area contributed by atoms with Gasteiger partial charge in [-0.1, -0.05) is 30.3 Å². The minimum absolute atomic E-state index is 0.598. The zero-order chi connectivity index (χ0) is 11.9. The van der Waals surface area contributed by atoms with Gasteiger partial charge in [-0.05, 0) is 22.9 Å². The second-order valence-electron chi connectivity index (χ2n) is 3.76. The number of hydrogen-bond acceptors (Lipinski definition) is 3. The fraction of sp³-hybridized carbons (Fsp3) is 0.286. The average molecular weight is 247 g/mol. The summed E-state index contributed by atoms with van der Waals surface area (Å²) in [4.78, 5) is 1.29. The lowest BCUT2D eigenvalue weighted by Gasteiger charge is -2.04. The third-order valence-corrected chi connectivity index (χ3v) is 3.44. The summed E-state index contributed by atoms with van der Waals surface area (Å²) in [5.41, 5.74) is 5.35. The van der Waals surface area contributed by atoms with Crippen LogP contribution in [0.2, 0.25) is 0 Å². The van der Waals surface area contributed by atoms with Crippen LogP contribution in [0.1, 0.15) is 0 Å². The van der Waals surface area contributed by atoms with Gasteiger partial charge in [0, 0.05) is 17.2 Å². The van der Waals surface area contributed by atoms with Crippen LogP contribution in [0.25, 0.3) is 10.8 Å². The molecule has 0 bridgehead atoms. The van der Waals surface area contributed by atoms with E-state index in [1.807, 2.05) is 11.8 Å². The maximum atomic E-state index is 5.35. The normalized spacial score (nSPS) is 10.9. The second-order valence-corrected chi connectivity index (χ2v) is 4.93. The lowest BCUT2D eigenvalue weighted by Crippen LogP contribution is -2.09. The number of hydrogen-bond donors (Lipinski definition) is 1. The van der Waals surface area contributed by atoms with Gasteiger partial charge in [0.25, 0.3) is 0 Å². The van der Waals surface area contributed by atoms with Crippen molar-refractivity contribution in [1.29, 1.82) is 0 Å². The minimum atomic E-state index is 0.598. The van der Waals surface area contributed by atoms with E-state index in [1.54, 1.807) is 0 Å². The maximum absolute atomic E-state index is 5.35. The minimum Gasteiger partial charge on any atom is -0.379 e. The van der Waals surface area contributed by atoms with Gasteiger partial charge in [0.1, 0.15) is 0 Å². The molecule has 0 heterocycles. The highest BCUT2D eigenvalue weighted by molar-refractivity contribution is 7.99. The molecule has 2 rings (SSSR count). The molecule has 3 heteroatoms. The Morgan fingerprint density at radius 1 is 1.00 bits per heavy atom. The molecule has 0 atom stereocenters. The fourth-order valence-corrected chi connectivity index (χ4v) is 2.47. The smallest absolute Gasteiger partial charge is 0.0589 e. The van der Waals surface area contributed by atoms with Crippen LogP contribution in [-0.2, 0) is 4.74 Å². The highest BCUT2D eigenvalue weighted by Gasteiger charge is 1.97. The molecular weight excluding hydrogens is 230 g/mol. The van der Waals surface area contributed by atoms with Crippen LogP contribution < -0.4 is 5.73 Å². The van der Waals surface area contributed by atoms with Crippen LogP contribution in [0.4, 0.5) is 0 Å². The molecule has 2 N–H and O–H groups in total. The van der Waals surface area contributed by atoms with Crippen LogP contribution in [0.5, 0.6) is 0 Å². The number of nitrogens with two attached hydrogens (primary N) is 1. The van der Waals surface area contributed by atoms with Crippen molar-refractivity contribution in [1.82, 2.24) is 0 Å². The topological polar surface area (TPSA) is 35.2 Å². The molecule has 0 radical (unpaired) electrons. The predicted molar refractivity (Wildman–Crippen MR) is 74.5 cm³/mol. The first-order valence-corrected chi connectivity index (χ1v) is 6.78. The molecule has 2 aromatic rings. The Hall–Kier alpha value is -1.03. The standard InChI is InChI=1S/C14H17NOS/c15-7-8-16-9-10-17-14-6-5-12-3-1-2-4-13(12)11-14/h1-6,11H,7-10,15H2. The summed E-state index contributed by atoms with van der Waals surface area (Å²) < 4.78 is 5.35. The largest absolute Gasteiger partial charge is 0.379 e. The van der Waals surface area contributed by atoms with Gasteiger partial charge in [0.15, 0.2) is 0 Å². The summed E-state index contributed by atoms with van der Waals surface area (Å²) >= 11 is 1.82. The Morgan fingerprint density at radius 3 is 2.65 bits per heavy atom. The molecule has 0 amide bonds. The maximum Gasteiger partial charge on any atom is 0.0589 e. The van der Waals surface area contributed by atoms with Gasteiger partial charge >= 0.3 is 0 Å². The molecule has 0 aliphatic heterocycles. The molecule has 17 heavy (non-hydrogen) atoms. The number of thioether (sulfide) groups is 1. The highest BCUT2D eigenvalue weighted by atomic mass is 32.2. The zero-order valence-corrected chi connectivity index (χ0v) is 10.6. The van der Waals surface area contributed by atoms with Gasteiger partial charge in [-0.25, -0.2) is 0 Å². The van der Waals surface area contributed by atoms with Gasteiger partial charge in [0.05, 0.1) is 13.2 Å². The van der Waals surface area contributed by atoms with Gasteiger partial charge in [-0.15, -0.1) is 11.8 Å². The molecule has 0 aromatic heterocycles. The van der Waals surface area contributed by atoms with Crippen LogP contribution in [0.3, 0.4) is 0 Å². The number of benzene rings is 2. The van der Waals surface area contributed by atoms with Crippen LogP contribution in [-0.4, -0.2) is 25.5 Å². The van der Waals surface area contributed by atoms with E-state index in [0.717, 1.165) is 12.4 Å². The summed E-state index contributed by atoms with van der Waals surface area (Å²) in [5.74, 6) is 0.971. The highest BCUT2D eigenvalue weighted by Crippen LogP contribution is 2.23. The van der Waals surface area contributed by atoms with E-state index in [1.165, 1.54) is 15.7 Å². The van der Waals surface area contributed by atoms with Crippen LogP contribution in [0.15, 0.2) is 47.4 Å². The Bertz CT molecular complexity index is 472. The second kappa shape index (κ2) is 6.64. The predicted octanol–water partition coefficient (Wildman–Crippen LogP) is 2.91. The monoisotopic (exact) mass is 247 g/mol. The van der Waals surface area contributed by atoms with Crippen molar-refractivity contribution in [3.8, 4) is 0 Å². The van der Waals surface area contributed by atoms with Crippen molar-refractivity contribution < 1.29 is 4.74 Å². The molecule has 0 saturated heterocycles. The molecule has 0 saturated carbocycles. The Labute approximate surface area is 106 Å². The molecule has 2 aromatic carbocycles. The quantitative estimate of drug-likeness (QED) is 0.629. The van der Waals surface area contributed by atoms with Crippen molar-refractivity contribution in [3.63, 3.8) is 0 Å². The zero-order valence-electron chi connectivity index (χ0n) is 9.76. The summed E-state index contributed by atoms with van der Waals surface area (Å²) in [5, 5.41) is 2.58. The van der Waals surface area contributed by atoms with Crippen molar-refractivity contribution in [3.05, 3.63) is 42.5 Å². The average Bonchev–Trinajstić information content (AvgIpc) is 2.38. The first-order valence-electron chi connectivity index (χ1n) is 5.79. The van der Waals surface area contributed by atoms with Crippen LogP contribution >= 0.6 is 11.8 Å². The van der Waals surface area contributed by atoms with Crippen LogP contribution in [0, 0.1) is 0 Å². The molecule has 0 aliphatic rings. The summed E-state index contributed by atoms with van der Waals surface area (Å²) in [6, 6.07) is 15.0. The van der Waals surface area contributed by atoms with Crippen molar-refractivity contribution in [2.75, 3.05) is 25.5 Å². The molecule has 2 nitrogen and oxygen atoms in total. The van der Waals surface area contributed by atoms with Crippen molar-refractivity contribution in [2.24, 2.45) is 5.73 Å². The van der Waals surface area contributed by atoms with E-state index in [4.69, 9.17) is 10.5 Å². The lowest BCUT2D eigenvalue weighted by atomic mass is 10.1. The third kappa shape index (κ3) is 3.73. The molecule has 90 valence electrons. The van der Waals surface area contributed by atoms with E-state index in [2.05, 4.69) is 42.5 Å². The van der Waals surface area contributed by atoms with Crippen molar-refractivity contribution in [2.45, 2.75) is 4.90 Å². The number of rotatable bonds is 6. The van der Waals surface area contributed by atoms with Gasteiger partial charge in [0.2, 0.25) is 0 Å². The van der Waals surface area contributed by atoms with Gasteiger partial charge < -0.3 is 10.5 Å². The van der Waals surface area contributed by atoms with E-state index in [-0.39, 0.29) is 0 Å². The molecule has 0 fully saturated rings. The number of fused-ring (bicyclic) bond motifs is 1. The SMILES string of the molecule is NCCOCCSc1ccc2ccccc2c1. The van der Waals surface area contributed by atoms with E-state index >= 15 is 0 Å². The van der Waals surface area contributed by atoms with E-state index in [9.17, 15) is 0 Å². The molecule has 0 spiro atoms. The first-order chi connectivity index (χ1) is 8.40. The fourth-order valence-electron chi connectivity index (χ4n) is 1.66. The van der Waals surface area contributed by atoms with E-state index < -0.39 is 0 Å². The molecule has 0 unspecified atom stereocenters. The third-order valence-electron chi connectivity index (χ3n) is 2.48. The summed E-state index contributed by atoms with van der Waals surface area (Å²) in [6.07, 6.45) is 0. The summed E-state index contributed by atoms with van der Waals surface area (Å²) in [7, 11) is 0. The van der Waals surface area contributed by atoms with Gasteiger partial charge in [-0.3, -0.25) is 0 Å². The Balaban J connectivity index is 1.90. The molecule has 0 aliphatic carbocycles. The lowest BCUT2D eigenvalue weighted by molar-refractivity contribution is 0.158. The Morgan fingerprint density at radius 2 is 1.82 bits per heavy atom. The number of ether oxygens (including phenoxy) is 1. The van der Waals surface area contributed by atoms with E-state index in [0.29, 0.717) is 13.2 Å². The summed E-state index contributed by atoms with van der Waals surface area (Å²) in [6.45, 7) is 2.01. The molecular formula is C14H17NOS. The Kier molecular flexibility index (Phi) is 4.86. The first kappa shape index (κ1) is 12.4. The van der Waals surface area contributed by atoms with Gasteiger partial charge in [-0.2, -0.15) is 0 Å².